The van der Waals surface area contributed by atoms with E-state index in [0.717, 1.165) is 17.7 Å². The van der Waals surface area contributed by atoms with Gasteiger partial charge >= 0.3 is 0 Å². The highest BCUT2D eigenvalue weighted by Gasteiger charge is 2.65. The predicted octanol–water partition coefficient (Wildman–Crippen LogP) is 5.97. The average molecular weight is 433 g/mol. The van der Waals surface area contributed by atoms with Crippen molar-refractivity contribution in [2.24, 2.45) is 11.8 Å². The van der Waals surface area contributed by atoms with E-state index < -0.39 is 8.32 Å². The van der Waals surface area contributed by atoms with Crippen molar-refractivity contribution in [1.82, 2.24) is 0 Å². The van der Waals surface area contributed by atoms with Crippen LogP contribution in [0.5, 0.6) is 5.75 Å². The Morgan fingerprint density at radius 2 is 1.87 bits per heavy atom. The summed E-state index contributed by atoms with van der Waals surface area (Å²) in [7, 11) is -0.169. The van der Waals surface area contributed by atoms with Crippen LogP contribution in [0.3, 0.4) is 0 Å². The Kier molecular flexibility index (Phi) is 6.60. The molecule has 0 N–H and O–H groups in total. The van der Waals surface area contributed by atoms with Gasteiger partial charge in [-0.15, -0.1) is 0 Å². The maximum Gasteiger partial charge on any atom is 0.191 e. The number of allylic oxidation sites excluding steroid dienone is 1. The minimum Gasteiger partial charge on any atom is -0.497 e. The van der Waals surface area contributed by atoms with Crippen LogP contribution in [0.2, 0.25) is 18.1 Å². The van der Waals surface area contributed by atoms with Gasteiger partial charge in [0, 0.05) is 12.5 Å². The molecule has 30 heavy (non-hydrogen) atoms. The van der Waals surface area contributed by atoms with Crippen molar-refractivity contribution >= 4 is 8.32 Å². The van der Waals surface area contributed by atoms with E-state index in [9.17, 15) is 0 Å². The lowest BCUT2D eigenvalue weighted by molar-refractivity contribution is -0.0741. The second kappa shape index (κ2) is 8.42. The fourth-order valence-electron chi connectivity index (χ4n) is 4.33. The molecule has 168 valence electrons. The van der Waals surface area contributed by atoms with Gasteiger partial charge in [0.15, 0.2) is 8.32 Å². The Hall–Kier alpha value is -1.14. The van der Waals surface area contributed by atoms with Gasteiger partial charge in [-0.3, -0.25) is 0 Å². The minimum atomic E-state index is -1.85. The number of fused-ring (bicyclic) bond motifs is 1. The zero-order valence-corrected chi connectivity index (χ0v) is 21.1. The van der Waals surface area contributed by atoms with E-state index in [4.69, 9.17) is 18.6 Å². The Morgan fingerprint density at radius 3 is 2.40 bits per heavy atom. The number of hydrogen-bond acceptors (Lipinski definition) is 4. The Balaban J connectivity index is 1.77. The van der Waals surface area contributed by atoms with Crippen molar-refractivity contribution in [3.05, 3.63) is 42.0 Å². The normalized spacial score (nSPS) is 31.2. The second-order valence-electron chi connectivity index (χ2n) is 10.8. The lowest BCUT2D eigenvalue weighted by Crippen LogP contribution is -2.51. The molecule has 2 fully saturated rings. The molecule has 0 amide bonds. The number of benzene rings is 1. The van der Waals surface area contributed by atoms with Gasteiger partial charge in [0.05, 0.1) is 25.9 Å². The summed E-state index contributed by atoms with van der Waals surface area (Å²) in [5.41, 5.74) is 2.12. The molecule has 1 heterocycles. The fraction of sp³-hybridized carbons (Fsp3) is 0.680. The molecule has 0 bridgehead atoms. The smallest absolute Gasteiger partial charge is 0.191 e. The molecule has 1 saturated carbocycles. The number of methoxy groups -OCH3 is 1. The SMILES string of the molecule is C=C(C)[C@H]1C[C@@H]2O[C@]2(C)[C@H](OCc2ccc(OC)cc2)[C@@H]1CO[Si](C)(C)C(C)(C)C. The Bertz CT molecular complexity index is 751. The van der Waals surface area contributed by atoms with Crippen LogP contribution in [-0.4, -0.2) is 39.8 Å². The summed E-state index contributed by atoms with van der Waals surface area (Å²) in [6.45, 7) is 21.4. The summed E-state index contributed by atoms with van der Waals surface area (Å²) in [5.74, 6) is 1.46. The van der Waals surface area contributed by atoms with Gasteiger partial charge < -0.3 is 18.6 Å². The lowest BCUT2D eigenvalue weighted by atomic mass is 9.70. The summed E-state index contributed by atoms with van der Waals surface area (Å²) in [6, 6.07) is 8.08. The molecule has 5 atom stereocenters. The van der Waals surface area contributed by atoms with Crippen LogP contribution in [0.15, 0.2) is 36.4 Å². The highest BCUT2D eigenvalue weighted by atomic mass is 28.4. The molecule has 1 aliphatic heterocycles. The van der Waals surface area contributed by atoms with E-state index in [1.165, 1.54) is 5.57 Å². The van der Waals surface area contributed by atoms with Gasteiger partial charge in [0.25, 0.3) is 0 Å². The summed E-state index contributed by atoms with van der Waals surface area (Å²) in [6.07, 6.45) is 1.26. The standard InChI is InChI=1S/C25H40O4Si/c1-17(2)20-14-22-25(6,29-22)23(21(20)16-28-30(8,9)24(3,4)5)27-15-18-10-12-19(26-7)13-11-18/h10-13,20-23H,1,14-16H2,2-9H3/t20-,21-,22+,23-,25+/m1/s1. The summed E-state index contributed by atoms with van der Waals surface area (Å²) >= 11 is 0. The molecular weight excluding hydrogens is 392 g/mol. The second-order valence-corrected chi connectivity index (χ2v) is 15.6. The Labute approximate surface area is 184 Å². The number of rotatable bonds is 8. The van der Waals surface area contributed by atoms with Gasteiger partial charge in [-0.05, 0) is 62.0 Å². The van der Waals surface area contributed by atoms with Crippen LogP contribution in [0.4, 0.5) is 0 Å². The number of ether oxygens (including phenoxy) is 3. The molecule has 4 nitrogen and oxygen atoms in total. The van der Waals surface area contributed by atoms with Crippen LogP contribution >= 0.6 is 0 Å². The minimum absolute atomic E-state index is 0.00943. The molecule has 2 aliphatic rings. The van der Waals surface area contributed by atoms with E-state index in [2.05, 4.69) is 66.4 Å². The first-order chi connectivity index (χ1) is 13.9. The molecule has 1 aromatic rings. The topological polar surface area (TPSA) is 40.2 Å². The summed E-state index contributed by atoms with van der Waals surface area (Å²) < 4.78 is 24.7. The molecule has 1 aliphatic carbocycles. The average Bonchev–Trinajstić information content (AvgIpc) is 3.34. The van der Waals surface area contributed by atoms with E-state index in [0.29, 0.717) is 19.1 Å². The van der Waals surface area contributed by atoms with Crippen LogP contribution in [0.25, 0.3) is 0 Å². The Morgan fingerprint density at radius 1 is 1.23 bits per heavy atom. The van der Waals surface area contributed by atoms with Crippen molar-refractivity contribution in [1.29, 1.82) is 0 Å². The molecule has 0 unspecified atom stereocenters. The van der Waals surface area contributed by atoms with Crippen molar-refractivity contribution in [3.8, 4) is 5.75 Å². The van der Waals surface area contributed by atoms with Gasteiger partial charge in [-0.25, -0.2) is 0 Å². The highest BCUT2D eigenvalue weighted by molar-refractivity contribution is 6.74. The maximum atomic E-state index is 6.68. The van der Waals surface area contributed by atoms with Gasteiger partial charge in [-0.2, -0.15) is 0 Å². The zero-order chi connectivity index (χ0) is 22.3. The van der Waals surface area contributed by atoms with Gasteiger partial charge in [0.2, 0.25) is 0 Å². The van der Waals surface area contributed by atoms with Crippen LogP contribution in [0, 0.1) is 11.8 Å². The quantitative estimate of drug-likeness (QED) is 0.288. The lowest BCUT2D eigenvalue weighted by Gasteiger charge is -2.43. The summed E-state index contributed by atoms with van der Waals surface area (Å²) in [5, 5.41) is 0.183. The predicted molar refractivity (Wildman–Crippen MR) is 124 cm³/mol. The first-order valence-corrected chi connectivity index (χ1v) is 14.0. The number of epoxide rings is 1. The molecule has 1 saturated heterocycles. The maximum absolute atomic E-state index is 6.68. The van der Waals surface area contributed by atoms with Crippen LogP contribution in [-0.2, 0) is 20.5 Å². The first-order valence-electron chi connectivity index (χ1n) is 11.1. The monoisotopic (exact) mass is 432 g/mol. The van der Waals surface area contributed by atoms with Crippen molar-refractivity contribution in [2.45, 2.75) is 83.6 Å². The highest BCUT2D eigenvalue weighted by Crippen LogP contribution is 2.55. The van der Waals surface area contributed by atoms with E-state index in [-0.39, 0.29) is 28.8 Å². The van der Waals surface area contributed by atoms with Crippen molar-refractivity contribution < 1.29 is 18.6 Å². The molecule has 0 aromatic heterocycles. The molecule has 0 spiro atoms. The van der Waals surface area contributed by atoms with Crippen LogP contribution < -0.4 is 4.74 Å². The largest absolute Gasteiger partial charge is 0.497 e. The summed E-state index contributed by atoms with van der Waals surface area (Å²) in [4.78, 5) is 0. The molecule has 5 heteroatoms. The third kappa shape index (κ3) is 4.69. The van der Waals surface area contributed by atoms with Crippen molar-refractivity contribution in [3.63, 3.8) is 0 Å². The van der Waals surface area contributed by atoms with E-state index in [1.54, 1.807) is 7.11 Å². The molecule has 3 rings (SSSR count). The third-order valence-electron chi connectivity index (χ3n) is 7.58. The van der Waals surface area contributed by atoms with Crippen molar-refractivity contribution in [2.75, 3.05) is 13.7 Å². The fourth-order valence-corrected chi connectivity index (χ4v) is 5.38. The van der Waals surface area contributed by atoms with Gasteiger partial charge in [-0.1, -0.05) is 45.1 Å². The first kappa shape index (κ1) is 23.5. The van der Waals surface area contributed by atoms with Crippen LogP contribution in [0.1, 0.15) is 46.6 Å². The van der Waals surface area contributed by atoms with E-state index >= 15 is 0 Å². The number of hydrogen-bond donors (Lipinski definition) is 0. The zero-order valence-electron chi connectivity index (χ0n) is 20.1. The van der Waals surface area contributed by atoms with Gasteiger partial charge in [0.1, 0.15) is 11.4 Å². The molecule has 1 aromatic carbocycles. The molecule has 0 radical (unpaired) electrons. The third-order valence-corrected chi connectivity index (χ3v) is 12.1. The van der Waals surface area contributed by atoms with E-state index in [1.807, 2.05) is 12.1 Å². The molecular formula is C25H40O4Si.